The third-order valence-electron chi connectivity index (χ3n) is 2.97. The number of carboxylic acid groups (broad SMARTS) is 1. The Bertz CT molecular complexity index is 427. The molecule has 0 radical (unpaired) electrons. The summed E-state index contributed by atoms with van der Waals surface area (Å²) in [4.78, 5) is 24.1. The Morgan fingerprint density at radius 3 is 1.89 bits per heavy atom. The van der Waals surface area contributed by atoms with E-state index in [0.717, 1.165) is 0 Å². The lowest BCUT2D eigenvalue weighted by atomic mass is 10.2. The van der Waals surface area contributed by atoms with Crippen LogP contribution < -0.4 is 0 Å². The summed E-state index contributed by atoms with van der Waals surface area (Å²) in [6.07, 6.45) is -0.196. The van der Waals surface area contributed by atoms with Gasteiger partial charge in [0.05, 0.1) is 11.7 Å². The lowest BCUT2D eigenvalue weighted by Gasteiger charge is -2.29. The summed E-state index contributed by atoms with van der Waals surface area (Å²) >= 11 is 0. The van der Waals surface area contributed by atoms with E-state index in [4.69, 9.17) is 5.11 Å². The molecule has 112 valence electrons. The zero-order valence-electron chi connectivity index (χ0n) is 12.1. The quantitative estimate of drug-likeness (QED) is 0.753. The van der Waals surface area contributed by atoms with Gasteiger partial charge in [0, 0.05) is 12.6 Å². The summed E-state index contributed by atoms with van der Waals surface area (Å²) in [6.45, 7) is 7.88. The van der Waals surface area contributed by atoms with Crippen molar-refractivity contribution in [3.63, 3.8) is 0 Å². The highest BCUT2D eigenvalue weighted by molar-refractivity contribution is 7.93. The first-order valence-corrected chi connectivity index (χ1v) is 7.87. The van der Waals surface area contributed by atoms with E-state index < -0.39 is 32.2 Å². The Hall–Kier alpha value is -1.11. The normalized spacial score (nSPS) is 13.6. The van der Waals surface area contributed by atoms with Crippen LogP contribution in [0.1, 0.15) is 41.0 Å². The van der Waals surface area contributed by atoms with Crippen LogP contribution in [0, 0.1) is 0 Å². The number of amides is 1. The van der Waals surface area contributed by atoms with E-state index in [2.05, 4.69) is 0 Å². The van der Waals surface area contributed by atoms with E-state index in [0.29, 0.717) is 0 Å². The summed E-state index contributed by atoms with van der Waals surface area (Å²) in [5.74, 6) is -1.55. The van der Waals surface area contributed by atoms with Crippen LogP contribution in [0.2, 0.25) is 0 Å². The second-order valence-electron chi connectivity index (χ2n) is 5.05. The molecule has 7 heteroatoms. The highest BCUT2D eigenvalue weighted by Gasteiger charge is 2.34. The largest absolute Gasteiger partial charge is 0.481 e. The minimum absolute atomic E-state index is 0.0176. The molecular weight excluding hydrogens is 270 g/mol. The smallest absolute Gasteiger partial charge is 0.305 e. The lowest BCUT2D eigenvalue weighted by Crippen LogP contribution is -2.47. The number of sulfone groups is 1. The van der Waals surface area contributed by atoms with Gasteiger partial charge in [-0.3, -0.25) is 9.59 Å². The van der Waals surface area contributed by atoms with Crippen molar-refractivity contribution < 1.29 is 23.1 Å². The van der Waals surface area contributed by atoms with Crippen LogP contribution in [0.25, 0.3) is 0 Å². The molecule has 19 heavy (non-hydrogen) atoms. The van der Waals surface area contributed by atoms with Gasteiger partial charge in [0.15, 0.2) is 9.84 Å². The monoisotopic (exact) mass is 293 g/mol. The molecule has 0 aliphatic carbocycles. The van der Waals surface area contributed by atoms with Gasteiger partial charge in [0.1, 0.15) is 5.25 Å². The van der Waals surface area contributed by atoms with Crippen molar-refractivity contribution in [2.75, 3.05) is 6.54 Å². The van der Waals surface area contributed by atoms with E-state index in [1.165, 1.54) is 25.7 Å². The molecule has 0 saturated carbocycles. The van der Waals surface area contributed by atoms with Gasteiger partial charge in [0.25, 0.3) is 0 Å². The fraction of sp³-hybridized carbons (Fsp3) is 0.833. The van der Waals surface area contributed by atoms with Crippen molar-refractivity contribution in [3.8, 4) is 0 Å². The first-order chi connectivity index (χ1) is 8.51. The third-order valence-corrected chi connectivity index (χ3v) is 5.47. The first-order valence-electron chi connectivity index (χ1n) is 6.26. The molecule has 0 saturated heterocycles. The van der Waals surface area contributed by atoms with Gasteiger partial charge in [-0.25, -0.2) is 8.42 Å². The van der Waals surface area contributed by atoms with Gasteiger partial charge in [0.2, 0.25) is 5.91 Å². The molecule has 0 spiro atoms. The second-order valence-corrected chi connectivity index (χ2v) is 7.88. The molecule has 0 rings (SSSR count). The van der Waals surface area contributed by atoms with Crippen molar-refractivity contribution in [2.45, 2.75) is 57.6 Å². The molecule has 1 unspecified atom stereocenters. The van der Waals surface area contributed by atoms with Crippen LogP contribution >= 0.6 is 0 Å². The maximum Gasteiger partial charge on any atom is 0.305 e. The predicted octanol–water partition coefficient (Wildman–Crippen LogP) is 0.910. The van der Waals surface area contributed by atoms with Gasteiger partial charge in [-0.15, -0.1) is 0 Å². The van der Waals surface area contributed by atoms with Gasteiger partial charge in [-0.2, -0.15) is 0 Å². The van der Waals surface area contributed by atoms with Crippen LogP contribution in [0.15, 0.2) is 0 Å². The number of nitrogens with zero attached hydrogens (tertiary/aromatic N) is 1. The van der Waals surface area contributed by atoms with E-state index in [1.54, 1.807) is 13.8 Å². The minimum atomic E-state index is -3.53. The summed E-state index contributed by atoms with van der Waals surface area (Å²) in [7, 11) is -3.53. The number of carboxylic acids is 1. The molecule has 0 aliphatic heterocycles. The molecular formula is C12H23NO5S. The Morgan fingerprint density at radius 2 is 1.58 bits per heavy atom. The summed E-state index contributed by atoms with van der Waals surface area (Å²) in [6, 6.07) is -0.239. The molecule has 0 bridgehead atoms. The molecule has 6 nitrogen and oxygen atoms in total. The van der Waals surface area contributed by atoms with Crippen molar-refractivity contribution in [1.82, 2.24) is 4.90 Å². The van der Waals surface area contributed by atoms with E-state index >= 15 is 0 Å². The molecule has 0 fully saturated rings. The van der Waals surface area contributed by atoms with Crippen LogP contribution in [0.5, 0.6) is 0 Å². The molecule has 0 aromatic heterocycles. The zero-order valence-corrected chi connectivity index (χ0v) is 12.9. The van der Waals surface area contributed by atoms with Gasteiger partial charge in [-0.1, -0.05) is 0 Å². The van der Waals surface area contributed by atoms with Crippen molar-refractivity contribution in [3.05, 3.63) is 0 Å². The molecule has 0 heterocycles. The Labute approximate surface area is 114 Å². The minimum Gasteiger partial charge on any atom is -0.481 e. The maximum absolute atomic E-state index is 12.2. The first kappa shape index (κ1) is 17.9. The predicted molar refractivity (Wildman–Crippen MR) is 72.6 cm³/mol. The standard InChI is InChI=1S/C12H23NO5S/c1-8(2)13(7-6-11(14)15)12(16)10(5)19(17,18)9(3)4/h8-10H,6-7H2,1-5H3,(H,14,15). The molecule has 1 atom stereocenters. The molecule has 1 N–H and O–H groups in total. The zero-order chi connectivity index (χ0) is 15.4. The molecule has 0 aliphatic rings. The summed E-state index contributed by atoms with van der Waals surface area (Å²) < 4.78 is 23.9. The van der Waals surface area contributed by atoms with Crippen LogP contribution in [0.4, 0.5) is 0 Å². The summed E-state index contributed by atoms with van der Waals surface area (Å²) in [5.41, 5.74) is 0. The number of hydrogen-bond acceptors (Lipinski definition) is 4. The fourth-order valence-corrected chi connectivity index (χ4v) is 2.85. The maximum atomic E-state index is 12.2. The number of aliphatic carboxylic acids is 1. The van der Waals surface area contributed by atoms with Crippen molar-refractivity contribution in [2.24, 2.45) is 0 Å². The van der Waals surface area contributed by atoms with Crippen LogP contribution in [-0.2, 0) is 19.4 Å². The Morgan fingerprint density at radius 1 is 1.11 bits per heavy atom. The van der Waals surface area contributed by atoms with Crippen molar-refractivity contribution in [1.29, 1.82) is 0 Å². The number of carbonyl (C=O) groups is 2. The van der Waals surface area contributed by atoms with Gasteiger partial charge >= 0.3 is 5.97 Å². The number of hydrogen-bond donors (Lipinski definition) is 1. The Kier molecular flexibility index (Phi) is 6.48. The van der Waals surface area contributed by atoms with E-state index in [1.807, 2.05) is 0 Å². The average molecular weight is 293 g/mol. The third kappa shape index (κ3) is 4.81. The van der Waals surface area contributed by atoms with Gasteiger partial charge in [-0.05, 0) is 34.6 Å². The topological polar surface area (TPSA) is 91.8 Å². The number of rotatable bonds is 7. The fourth-order valence-electron chi connectivity index (χ4n) is 1.62. The molecule has 0 aromatic rings. The lowest BCUT2D eigenvalue weighted by molar-refractivity contribution is -0.139. The van der Waals surface area contributed by atoms with Crippen LogP contribution in [0.3, 0.4) is 0 Å². The van der Waals surface area contributed by atoms with E-state index in [9.17, 15) is 18.0 Å². The van der Waals surface area contributed by atoms with Crippen molar-refractivity contribution >= 4 is 21.7 Å². The highest BCUT2D eigenvalue weighted by atomic mass is 32.2. The van der Waals surface area contributed by atoms with Gasteiger partial charge < -0.3 is 10.0 Å². The average Bonchev–Trinajstić information content (AvgIpc) is 2.26. The number of carbonyl (C=O) groups excluding carboxylic acids is 1. The SMILES string of the molecule is CC(C)N(CCC(=O)O)C(=O)C(C)S(=O)(=O)C(C)C. The second kappa shape index (κ2) is 6.88. The molecule has 1 amide bonds. The van der Waals surface area contributed by atoms with Crippen LogP contribution in [-0.4, -0.2) is 53.4 Å². The Balaban J connectivity index is 5.06. The highest BCUT2D eigenvalue weighted by Crippen LogP contribution is 2.14. The molecule has 0 aromatic carbocycles. The summed E-state index contributed by atoms with van der Waals surface area (Å²) in [5, 5.41) is 6.87. The van der Waals surface area contributed by atoms with E-state index in [-0.39, 0.29) is 19.0 Å².